The summed E-state index contributed by atoms with van der Waals surface area (Å²) in [6, 6.07) is 5.73. The monoisotopic (exact) mass is 341 g/mol. The van der Waals surface area contributed by atoms with Crippen LogP contribution in [-0.4, -0.2) is 61.5 Å². The van der Waals surface area contributed by atoms with Crippen molar-refractivity contribution in [2.24, 2.45) is 0 Å². The fourth-order valence-electron chi connectivity index (χ4n) is 3.14. The minimum absolute atomic E-state index is 0.270. The third-order valence-electron chi connectivity index (χ3n) is 4.46. The lowest BCUT2D eigenvalue weighted by atomic mass is 10.2. The van der Waals surface area contributed by atoms with E-state index in [2.05, 4.69) is 9.80 Å². The molecule has 0 spiro atoms. The highest BCUT2D eigenvalue weighted by Crippen LogP contribution is 2.32. The number of benzene rings is 1. The van der Waals surface area contributed by atoms with Crippen LogP contribution in [0.15, 0.2) is 18.2 Å². The predicted octanol–water partition coefficient (Wildman–Crippen LogP) is 2.74. The minimum atomic E-state index is 0.270. The molecule has 2 fully saturated rings. The Hall–Kier alpha value is -0.970. The molecule has 0 N–H and O–H groups in total. The highest BCUT2D eigenvalue weighted by Gasteiger charge is 2.24. The molecule has 22 heavy (non-hydrogen) atoms. The van der Waals surface area contributed by atoms with E-state index in [1.54, 1.807) is 6.07 Å². The Morgan fingerprint density at radius 1 is 1.00 bits per heavy atom. The van der Waals surface area contributed by atoms with Crippen LogP contribution in [0.4, 0.5) is 5.69 Å². The SMILES string of the molecule is O=C(CN1CCN(c2cccc(Cl)c2Cl)CC1)N1CCCC1. The van der Waals surface area contributed by atoms with Crippen LogP contribution in [0.5, 0.6) is 0 Å². The average Bonchev–Trinajstić information content (AvgIpc) is 3.05. The number of amides is 1. The van der Waals surface area contributed by atoms with Crippen LogP contribution in [0.2, 0.25) is 10.0 Å². The summed E-state index contributed by atoms with van der Waals surface area (Å²) in [5, 5.41) is 1.21. The van der Waals surface area contributed by atoms with E-state index in [0.29, 0.717) is 16.6 Å². The zero-order chi connectivity index (χ0) is 15.5. The van der Waals surface area contributed by atoms with Crippen molar-refractivity contribution in [3.8, 4) is 0 Å². The maximum absolute atomic E-state index is 12.2. The quantitative estimate of drug-likeness (QED) is 0.845. The molecule has 0 aliphatic carbocycles. The number of nitrogens with zero attached hydrogens (tertiary/aromatic N) is 3. The molecule has 2 saturated heterocycles. The zero-order valence-corrected chi connectivity index (χ0v) is 14.1. The van der Waals surface area contributed by atoms with Crippen LogP contribution >= 0.6 is 23.2 Å². The van der Waals surface area contributed by atoms with Gasteiger partial charge < -0.3 is 9.80 Å². The van der Waals surface area contributed by atoms with Gasteiger partial charge in [-0.05, 0) is 25.0 Å². The van der Waals surface area contributed by atoms with Gasteiger partial charge in [-0.1, -0.05) is 29.3 Å². The fourth-order valence-corrected chi connectivity index (χ4v) is 3.56. The molecule has 2 aliphatic heterocycles. The van der Waals surface area contributed by atoms with Gasteiger partial charge in [0.05, 0.1) is 22.3 Å². The van der Waals surface area contributed by atoms with E-state index in [0.717, 1.165) is 57.8 Å². The number of anilines is 1. The van der Waals surface area contributed by atoms with Gasteiger partial charge in [-0.2, -0.15) is 0 Å². The molecule has 1 aromatic carbocycles. The second-order valence-electron chi connectivity index (χ2n) is 5.92. The first-order valence-electron chi connectivity index (χ1n) is 7.84. The molecule has 1 aromatic rings. The average molecular weight is 342 g/mol. The lowest BCUT2D eigenvalue weighted by Gasteiger charge is -2.36. The maximum Gasteiger partial charge on any atom is 0.236 e. The summed E-state index contributed by atoms with van der Waals surface area (Å²) in [5.41, 5.74) is 0.986. The molecule has 0 radical (unpaired) electrons. The first-order valence-corrected chi connectivity index (χ1v) is 8.60. The molecule has 120 valence electrons. The molecule has 3 rings (SSSR count). The molecule has 4 nitrogen and oxygen atoms in total. The van der Waals surface area contributed by atoms with Crippen molar-refractivity contribution in [2.75, 3.05) is 50.7 Å². The molecule has 0 saturated carbocycles. The van der Waals surface area contributed by atoms with Crippen LogP contribution in [0.1, 0.15) is 12.8 Å². The number of halogens is 2. The molecule has 0 unspecified atom stereocenters. The lowest BCUT2D eigenvalue weighted by molar-refractivity contribution is -0.131. The number of hydrogen-bond acceptors (Lipinski definition) is 3. The topological polar surface area (TPSA) is 26.8 Å². The molecular formula is C16H21Cl2N3O. The Balaban J connectivity index is 1.54. The molecule has 6 heteroatoms. The molecule has 0 bridgehead atoms. The Kier molecular flexibility index (Phi) is 5.11. The number of carbonyl (C=O) groups excluding carboxylic acids is 1. The van der Waals surface area contributed by atoms with Crippen molar-refractivity contribution in [3.63, 3.8) is 0 Å². The highest BCUT2D eigenvalue weighted by atomic mass is 35.5. The van der Waals surface area contributed by atoms with Crippen molar-refractivity contribution in [1.82, 2.24) is 9.80 Å². The second-order valence-corrected chi connectivity index (χ2v) is 6.71. The van der Waals surface area contributed by atoms with Gasteiger partial charge in [-0.15, -0.1) is 0 Å². The van der Waals surface area contributed by atoms with Gasteiger partial charge in [0.1, 0.15) is 0 Å². The van der Waals surface area contributed by atoms with Crippen molar-refractivity contribution in [1.29, 1.82) is 0 Å². The molecule has 2 aliphatic rings. The van der Waals surface area contributed by atoms with Crippen LogP contribution in [0.3, 0.4) is 0 Å². The molecular weight excluding hydrogens is 321 g/mol. The largest absolute Gasteiger partial charge is 0.368 e. The number of hydrogen-bond donors (Lipinski definition) is 0. The maximum atomic E-state index is 12.2. The number of piperazine rings is 1. The van der Waals surface area contributed by atoms with Gasteiger partial charge in [-0.3, -0.25) is 9.69 Å². The number of likely N-dealkylation sites (tertiary alicyclic amines) is 1. The van der Waals surface area contributed by atoms with E-state index >= 15 is 0 Å². The summed E-state index contributed by atoms with van der Waals surface area (Å²) >= 11 is 12.4. The Labute approximate surface area is 141 Å². The van der Waals surface area contributed by atoms with Crippen molar-refractivity contribution >= 4 is 34.8 Å². The van der Waals surface area contributed by atoms with Gasteiger partial charge >= 0.3 is 0 Å². The summed E-state index contributed by atoms with van der Waals surface area (Å²) in [7, 11) is 0. The van der Waals surface area contributed by atoms with Gasteiger partial charge in [0.2, 0.25) is 5.91 Å². The normalized spacial score (nSPS) is 19.7. The zero-order valence-electron chi connectivity index (χ0n) is 12.6. The summed E-state index contributed by atoms with van der Waals surface area (Å²) in [4.78, 5) is 18.7. The van der Waals surface area contributed by atoms with E-state index in [1.807, 2.05) is 17.0 Å². The third-order valence-corrected chi connectivity index (χ3v) is 5.27. The summed E-state index contributed by atoms with van der Waals surface area (Å²) in [6.45, 7) is 5.89. The highest BCUT2D eigenvalue weighted by molar-refractivity contribution is 6.43. The van der Waals surface area contributed by atoms with Crippen LogP contribution < -0.4 is 4.90 Å². The number of carbonyl (C=O) groups is 1. The summed E-state index contributed by atoms with van der Waals surface area (Å²) < 4.78 is 0. The molecule has 2 heterocycles. The second kappa shape index (κ2) is 7.07. The van der Waals surface area contributed by atoms with Gasteiger partial charge in [0.15, 0.2) is 0 Å². The van der Waals surface area contributed by atoms with Gasteiger partial charge in [0.25, 0.3) is 0 Å². The summed E-state index contributed by atoms with van der Waals surface area (Å²) in [5.74, 6) is 0.270. The van der Waals surface area contributed by atoms with Crippen molar-refractivity contribution in [2.45, 2.75) is 12.8 Å². The molecule has 1 amide bonds. The van der Waals surface area contributed by atoms with E-state index in [4.69, 9.17) is 23.2 Å². The smallest absolute Gasteiger partial charge is 0.236 e. The number of rotatable bonds is 3. The van der Waals surface area contributed by atoms with E-state index < -0.39 is 0 Å². The standard InChI is InChI=1S/C16H21Cl2N3O/c17-13-4-3-5-14(16(13)18)20-10-8-19(9-11-20)12-15(22)21-6-1-2-7-21/h3-5H,1-2,6-12H2. The van der Waals surface area contributed by atoms with E-state index in [9.17, 15) is 4.79 Å². The predicted molar refractivity (Wildman–Crippen MR) is 90.9 cm³/mol. The first-order chi connectivity index (χ1) is 10.6. The van der Waals surface area contributed by atoms with Crippen molar-refractivity contribution in [3.05, 3.63) is 28.2 Å². The molecule has 0 aromatic heterocycles. The Morgan fingerprint density at radius 3 is 2.36 bits per heavy atom. The van der Waals surface area contributed by atoms with Gasteiger partial charge in [0, 0.05) is 39.3 Å². The van der Waals surface area contributed by atoms with Crippen LogP contribution in [-0.2, 0) is 4.79 Å². The molecule has 0 atom stereocenters. The van der Waals surface area contributed by atoms with Crippen LogP contribution in [0.25, 0.3) is 0 Å². The van der Waals surface area contributed by atoms with Crippen molar-refractivity contribution < 1.29 is 4.79 Å². The first kappa shape index (κ1) is 15.9. The lowest BCUT2D eigenvalue weighted by Crippen LogP contribution is -2.50. The third kappa shape index (κ3) is 3.50. The summed E-state index contributed by atoms with van der Waals surface area (Å²) in [6.07, 6.45) is 2.29. The minimum Gasteiger partial charge on any atom is -0.368 e. The Morgan fingerprint density at radius 2 is 1.68 bits per heavy atom. The van der Waals surface area contributed by atoms with Gasteiger partial charge in [-0.25, -0.2) is 0 Å². The fraction of sp³-hybridized carbons (Fsp3) is 0.562. The van der Waals surface area contributed by atoms with E-state index in [-0.39, 0.29) is 5.91 Å². The van der Waals surface area contributed by atoms with E-state index in [1.165, 1.54) is 0 Å². The Bertz CT molecular complexity index is 538. The van der Waals surface area contributed by atoms with Crippen LogP contribution in [0, 0.1) is 0 Å².